The molecule has 0 amide bonds. The monoisotopic (exact) mass is 170 g/mol. The van der Waals surface area contributed by atoms with E-state index in [1.807, 2.05) is 39.0 Å². The van der Waals surface area contributed by atoms with Crippen molar-refractivity contribution in [1.82, 2.24) is 0 Å². The molecule has 0 bridgehead atoms. The number of aliphatic hydroxyl groups is 2. The number of aliphatic hydroxyl groups excluding tert-OH is 2. The topological polar surface area (TPSA) is 40.5 Å². The molecule has 0 aliphatic rings. The highest BCUT2D eigenvalue weighted by Crippen LogP contribution is 2.08. The van der Waals surface area contributed by atoms with Gasteiger partial charge in [-0.2, -0.15) is 0 Å². The Balaban J connectivity index is 4.12. The Bertz CT molecular complexity index is 171. The highest BCUT2D eigenvalue weighted by Gasteiger charge is 2.09. The summed E-state index contributed by atoms with van der Waals surface area (Å²) in [6, 6.07) is 0. The molecule has 0 spiro atoms. The van der Waals surface area contributed by atoms with Crippen molar-refractivity contribution in [1.29, 1.82) is 0 Å². The Labute approximate surface area is 74.2 Å². The van der Waals surface area contributed by atoms with Crippen LogP contribution in [0.2, 0.25) is 0 Å². The summed E-state index contributed by atoms with van der Waals surface area (Å²) in [5, 5.41) is 17.9. The SMILES string of the molecule is C/C=C/C(C)=C\[C@@H](C)[C@H](O)CO. The molecule has 12 heavy (non-hydrogen) atoms. The molecular weight excluding hydrogens is 152 g/mol. The summed E-state index contributed by atoms with van der Waals surface area (Å²) in [5.74, 6) is 0.00574. The van der Waals surface area contributed by atoms with Gasteiger partial charge in [0.15, 0.2) is 0 Å². The zero-order valence-corrected chi connectivity index (χ0v) is 7.99. The molecule has 0 unspecified atom stereocenters. The van der Waals surface area contributed by atoms with Crippen molar-refractivity contribution in [3.8, 4) is 0 Å². The van der Waals surface area contributed by atoms with Gasteiger partial charge in [-0.25, -0.2) is 0 Å². The second kappa shape index (κ2) is 5.98. The van der Waals surface area contributed by atoms with Crippen molar-refractivity contribution in [2.24, 2.45) is 5.92 Å². The zero-order chi connectivity index (χ0) is 9.56. The van der Waals surface area contributed by atoms with E-state index in [0.29, 0.717) is 0 Å². The van der Waals surface area contributed by atoms with Gasteiger partial charge in [0.2, 0.25) is 0 Å². The first kappa shape index (κ1) is 11.4. The lowest BCUT2D eigenvalue weighted by molar-refractivity contribution is 0.0683. The second-order valence-electron chi connectivity index (χ2n) is 3.02. The van der Waals surface area contributed by atoms with Gasteiger partial charge in [0.05, 0.1) is 12.7 Å². The highest BCUT2D eigenvalue weighted by atomic mass is 16.3. The summed E-state index contributed by atoms with van der Waals surface area (Å²) in [4.78, 5) is 0. The molecule has 2 N–H and O–H groups in total. The highest BCUT2D eigenvalue weighted by molar-refractivity contribution is 5.16. The van der Waals surface area contributed by atoms with E-state index in [0.717, 1.165) is 5.57 Å². The van der Waals surface area contributed by atoms with Crippen LogP contribution in [0.1, 0.15) is 20.8 Å². The van der Waals surface area contributed by atoms with Crippen molar-refractivity contribution >= 4 is 0 Å². The van der Waals surface area contributed by atoms with Gasteiger partial charge in [0, 0.05) is 5.92 Å². The standard InChI is InChI=1S/C10H18O2/c1-4-5-8(2)6-9(3)10(12)7-11/h4-6,9-12H,7H2,1-3H3/b5-4+,8-6-/t9-,10-/m1/s1. The molecule has 0 aromatic heterocycles. The molecule has 2 heteroatoms. The number of hydrogen-bond acceptors (Lipinski definition) is 2. The Morgan fingerprint density at radius 2 is 2.08 bits per heavy atom. The van der Waals surface area contributed by atoms with Crippen molar-refractivity contribution in [2.45, 2.75) is 26.9 Å². The number of allylic oxidation sites excluding steroid dienone is 3. The average Bonchev–Trinajstić information content (AvgIpc) is 2.03. The summed E-state index contributed by atoms with van der Waals surface area (Å²) in [5.41, 5.74) is 1.11. The zero-order valence-electron chi connectivity index (χ0n) is 7.99. The van der Waals surface area contributed by atoms with Gasteiger partial charge in [0.25, 0.3) is 0 Å². The van der Waals surface area contributed by atoms with Gasteiger partial charge >= 0.3 is 0 Å². The van der Waals surface area contributed by atoms with Crippen LogP contribution in [0.15, 0.2) is 23.8 Å². The lowest BCUT2D eigenvalue weighted by atomic mass is 10.0. The van der Waals surface area contributed by atoms with E-state index in [-0.39, 0.29) is 12.5 Å². The van der Waals surface area contributed by atoms with Gasteiger partial charge in [-0.15, -0.1) is 0 Å². The first-order valence-electron chi connectivity index (χ1n) is 4.21. The van der Waals surface area contributed by atoms with E-state index in [1.54, 1.807) is 0 Å². The van der Waals surface area contributed by atoms with Crippen molar-refractivity contribution in [2.75, 3.05) is 6.61 Å². The van der Waals surface area contributed by atoms with Gasteiger partial charge in [-0.05, 0) is 13.8 Å². The molecular formula is C10H18O2. The molecule has 0 saturated carbocycles. The third kappa shape index (κ3) is 4.31. The summed E-state index contributed by atoms with van der Waals surface area (Å²) in [7, 11) is 0. The molecule has 70 valence electrons. The molecule has 0 aromatic carbocycles. The fraction of sp³-hybridized carbons (Fsp3) is 0.600. The first-order valence-corrected chi connectivity index (χ1v) is 4.21. The second-order valence-corrected chi connectivity index (χ2v) is 3.02. The summed E-state index contributed by atoms with van der Waals surface area (Å²) in [6.45, 7) is 5.62. The van der Waals surface area contributed by atoms with E-state index in [1.165, 1.54) is 0 Å². The van der Waals surface area contributed by atoms with Gasteiger partial charge < -0.3 is 10.2 Å². The summed E-state index contributed by atoms with van der Waals surface area (Å²) >= 11 is 0. The van der Waals surface area contributed by atoms with E-state index >= 15 is 0 Å². The number of rotatable bonds is 4. The summed E-state index contributed by atoms with van der Waals surface area (Å²) in [6.07, 6.45) is 5.22. The fourth-order valence-corrected chi connectivity index (χ4v) is 1.01. The molecule has 2 nitrogen and oxygen atoms in total. The molecule has 0 aliphatic carbocycles. The van der Waals surface area contributed by atoms with Crippen LogP contribution in [0.4, 0.5) is 0 Å². The predicted octanol–water partition coefficient (Wildman–Crippen LogP) is 1.50. The molecule has 0 heterocycles. The minimum Gasteiger partial charge on any atom is -0.394 e. The summed E-state index contributed by atoms with van der Waals surface area (Å²) < 4.78 is 0. The molecule has 0 fully saturated rings. The molecule has 0 saturated heterocycles. The third-order valence-corrected chi connectivity index (χ3v) is 1.75. The van der Waals surface area contributed by atoms with Crippen LogP contribution < -0.4 is 0 Å². The van der Waals surface area contributed by atoms with Gasteiger partial charge in [-0.3, -0.25) is 0 Å². The van der Waals surface area contributed by atoms with Crippen LogP contribution in [-0.4, -0.2) is 22.9 Å². The van der Waals surface area contributed by atoms with Crippen LogP contribution in [0.25, 0.3) is 0 Å². The van der Waals surface area contributed by atoms with E-state index in [9.17, 15) is 5.11 Å². The van der Waals surface area contributed by atoms with Crippen LogP contribution in [0, 0.1) is 5.92 Å². The van der Waals surface area contributed by atoms with Crippen molar-refractivity contribution in [3.63, 3.8) is 0 Å². The largest absolute Gasteiger partial charge is 0.394 e. The quantitative estimate of drug-likeness (QED) is 0.628. The smallest absolute Gasteiger partial charge is 0.0830 e. The molecule has 0 aromatic rings. The maximum absolute atomic E-state index is 9.22. The van der Waals surface area contributed by atoms with Gasteiger partial charge in [0.1, 0.15) is 0 Å². The third-order valence-electron chi connectivity index (χ3n) is 1.75. The van der Waals surface area contributed by atoms with Crippen LogP contribution >= 0.6 is 0 Å². The molecule has 2 atom stereocenters. The molecule has 0 aliphatic heterocycles. The Morgan fingerprint density at radius 3 is 2.50 bits per heavy atom. The molecule has 0 rings (SSSR count). The Kier molecular flexibility index (Phi) is 5.68. The van der Waals surface area contributed by atoms with Crippen molar-refractivity contribution < 1.29 is 10.2 Å². The van der Waals surface area contributed by atoms with Crippen LogP contribution in [0.3, 0.4) is 0 Å². The Hall–Kier alpha value is -0.600. The lowest BCUT2D eigenvalue weighted by Crippen LogP contribution is -2.20. The van der Waals surface area contributed by atoms with E-state index in [4.69, 9.17) is 5.11 Å². The molecule has 0 radical (unpaired) electrons. The van der Waals surface area contributed by atoms with Crippen molar-refractivity contribution in [3.05, 3.63) is 23.8 Å². The van der Waals surface area contributed by atoms with Crippen LogP contribution in [0.5, 0.6) is 0 Å². The van der Waals surface area contributed by atoms with E-state index < -0.39 is 6.10 Å². The number of hydrogen-bond donors (Lipinski definition) is 2. The lowest BCUT2D eigenvalue weighted by Gasteiger charge is -2.12. The van der Waals surface area contributed by atoms with Crippen LogP contribution in [-0.2, 0) is 0 Å². The Morgan fingerprint density at radius 1 is 1.50 bits per heavy atom. The minimum absolute atomic E-state index is 0.00574. The van der Waals surface area contributed by atoms with Gasteiger partial charge in [-0.1, -0.05) is 30.7 Å². The maximum Gasteiger partial charge on any atom is 0.0830 e. The maximum atomic E-state index is 9.22. The average molecular weight is 170 g/mol. The first-order chi connectivity index (χ1) is 5.61. The van der Waals surface area contributed by atoms with E-state index in [2.05, 4.69) is 0 Å². The predicted molar refractivity (Wildman–Crippen MR) is 50.8 cm³/mol. The minimum atomic E-state index is -0.648. The normalized spacial score (nSPS) is 18.2. The fourth-order valence-electron chi connectivity index (χ4n) is 1.01.